The van der Waals surface area contributed by atoms with Crippen LogP contribution in [0.2, 0.25) is 0 Å². The van der Waals surface area contributed by atoms with Gasteiger partial charge in [0.05, 0.1) is 25.6 Å². The van der Waals surface area contributed by atoms with Crippen molar-refractivity contribution in [1.82, 2.24) is 9.88 Å². The first-order valence-corrected chi connectivity index (χ1v) is 5.64. The van der Waals surface area contributed by atoms with Crippen LogP contribution in [-0.2, 0) is 11.2 Å². The fourth-order valence-electron chi connectivity index (χ4n) is 2.12. The molecule has 0 spiro atoms. The van der Waals surface area contributed by atoms with E-state index in [1.165, 1.54) is 4.90 Å². The van der Waals surface area contributed by atoms with Crippen molar-refractivity contribution in [1.29, 1.82) is 0 Å². The number of amides is 1. The second kappa shape index (κ2) is 5.23. The van der Waals surface area contributed by atoms with Crippen molar-refractivity contribution in [3.63, 3.8) is 0 Å². The highest BCUT2D eigenvalue weighted by Crippen LogP contribution is 2.21. The molecule has 0 radical (unpaired) electrons. The summed E-state index contributed by atoms with van der Waals surface area (Å²) in [6.07, 6.45) is 2.67. The summed E-state index contributed by atoms with van der Waals surface area (Å²) < 4.78 is 13.2. The minimum Gasteiger partial charge on any atom is -0.394 e. The van der Waals surface area contributed by atoms with Crippen LogP contribution in [0.1, 0.15) is 12.0 Å². The van der Waals surface area contributed by atoms with E-state index >= 15 is 0 Å². The van der Waals surface area contributed by atoms with Crippen molar-refractivity contribution < 1.29 is 14.3 Å². The van der Waals surface area contributed by atoms with E-state index in [2.05, 4.69) is 4.98 Å². The first kappa shape index (κ1) is 12.0. The molecule has 4 nitrogen and oxygen atoms in total. The molecule has 1 aliphatic rings. The molecule has 1 N–H and O–H groups in total. The second-order valence-corrected chi connectivity index (χ2v) is 4.25. The zero-order valence-electron chi connectivity index (χ0n) is 9.42. The third-order valence-corrected chi connectivity index (χ3v) is 2.97. The highest BCUT2D eigenvalue weighted by Gasteiger charge is 2.34. The van der Waals surface area contributed by atoms with Gasteiger partial charge in [-0.15, -0.1) is 0 Å². The number of aliphatic hydroxyl groups excluding tert-OH is 1. The Bertz CT molecular complexity index is 385. The van der Waals surface area contributed by atoms with Gasteiger partial charge in [-0.05, 0) is 11.6 Å². The number of aromatic nitrogens is 1. The van der Waals surface area contributed by atoms with E-state index in [1.54, 1.807) is 18.5 Å². The molecule has 5 heteroatoms. The third kappa shape index (κ3) is 2.79. The van der Waals surface area contributed by atoms with Crippen LogP contribution < -0.4 is 0 Å². The van der Waals surface area contributed by atoms with Crippen molar-refractivity contribution in [2.45, 2.75) is 25.1 Å². The number of pyridine rings is 1. The molecule has 0 bridgehead atoms. The third-order valence-electron chi connectivity index (χ3n) is 2.97. The average Bonchev–Trinajstić information content (AvgIpc) is 2.72. The molecule has 2 atom stereocenters. The van der Waals surface area contributed by atoms with Gasteiger partial charge < -0.3 is 10.0 Å². The Morgan fingerprint density at radius 2 is 2.47 bits per heavy atom. The molecule has 1 amide bonds. The molecule has 0 aromatic carbocycles. The van der Waals surface area contributed by atoms with E-state index in [0.29, 0.717) is 0 Å². The quantitative estimate of drug-likeness (QED) is 0.837. The van der Waals surface area contributed by atoms with Gasteiger partial charge in [-0.2, -0.15) is 0 Å². The minimum absolute atomic E-state index is 0.0876. The number of aliphatic hydroxyl groups is 1. The van der Waals surface area contributed by atoms with Crippen molar-refractivity contribution in [3.05, 3.63) is 30.1 Å². The fraction of sp³-hybridized carbons (Fsp3) is 0.500. The van der Waals surface area contributed by atoms with Gasteiger partial charge in [0.1, 0.15) is 6.17 Å². The summed E-state index contributed by atoms with van der Waals surface area (Å²) in [6, 6.07) is 3.19. The zero-order valence-corrected chi connectivity index (χ0v) is 9.42. The SMILES string of the molecule is O=C(Cc1cccnc1)N1C[C@@H](F)C[C@H]1CO. The van der Waals surface area contributed by atoms with Crippen LogP contribution >= 0.6 is 0 Å². The molecule has 1 aromatic rings. The summed E-state index contributed by atoms with van der Waals surface area (Å²) in [7, 11) is 0. The minimum atomic E-state index is -1.02. The van der Waals surface area contributed by atoms with Crippen molar-refractivity contribution >= 4 is 5.91 Å². The molecule has 17 heavy (non-hydrogen) atoms. The molecule has 2 rings (SSSR count). The van der Waals surface area contributed by atoms with Gasteiger partial charge in [0.25, 0.3) is 0 Å². The normalized spacial score (nSPS) is 24.0. The first-order valence-electron chi connectivity index (χ1n) is 5.64. The number of likely N-dealkylation sites (tertiary alicyclic amines) is 1. The standard InChI is InChI=1S/C12H15FN2O2/c13-10-5-11(8-16)15(7-10)12(17)4-9-2-1-3-14-6-9/h1-3,6,10-11,16H,4-5,7-8H2/t10-,11-/m0/s1. The van der Waals surface area contributed by atoms with Crippen molar-refractivity contribution in [3.8, 4) is 0 Å². The van der Waals surface area contributed by atoms with Crippen LogP contribution in [0.4, 0.5) is 4.39 Å². The number of halogens is 1. The highest BCUT2D eigenvalue weighted by molar-refractivity contribution is 5.79. The number of alkyl halides is 1. The lowest BCUT2D eigenvalue weighted by Gasteiger charge is -2.22. The summed E-state index contributed by atoms with van der Waals surface area (Å²) in [5, 5.41) is 9.10. The number of carbonyl (C=O) groups excluding carboxylic acids is 1. The lowest BCUT2D eigenvalue weighted by molar-refractivity contribution is -0.132. The van der Waals surface area contributed by atoms with E-state index in [4.69, 9.17) is 5.11 Å². The van der Waals surface area contributed by atoms with E-state index in [9.17, 15) is 9.18 Å². The van der Waals surface area contributed by atoms with Crippen LogP contribution in [0.5, 0.6) is 0 Å². The number of carbonyl (C=O) groups is 1. The lowest BCUT2D eigenvalue weighted by atomic mass is 10.2. The van der Waals surface area contributed by atoms with Crippen molar-refractivity contribution in [2.24, 2.45) is 0 Å². The summed E-state index contributed by atoms with van der Waals surface area (Å²) in [5.74, 6) is -0.155. The predicted octanol–water partition coefficient (Wildman–Crippen LogP) is 0.555. The van der Waals surface area contributed by atoms with Crippen LogP contribution in [0.3, 0.4) is 0 Å². The molecule has 2 heterocycles. The Balaban J connectivity index is 2.00. The molecule has 0 saturated carbocycles. The maximum absolute atomic E-state index is 13.2. The van der Waals surface area contributed by atoms with Crippen LogP contribution in [-0.4, -0.2) is 46.3 Å². The highest BCUT2D eigenvalue weighted by atomic mass is 19.1. The van der Waals surface area contributed by atoms with Crippen LogP contribution in [0, 0.1) is 0 Å². The Morgan fingerprint density at radius 1 is 1.65 bits per heavy atom. The Kier molecular flexibility index (Phi) is 3.68. The number of hydrogen-bond donors (Lipinski definition) is 1. The molecule has 1 aromatic heterocycles. The van der Waals surface area contributed by atoms with Gasteiger partial charge in [-0.1, -0.05) is 6.07 Å². The Labute approximate surface area is 99.1 Å². The monoisotopic (exact) mass is 238 g/mol. The van der Waals surface area contributed by atoms with E-state index < -0.39 is 6.17 Å². The van der Waals surface area contributed by atoms with Crippen LogP contribution in [0.25, 0.3) is 0 Å². The second-order valence-electron chi connectivity index (χ2n) is 4.25. The molecular formula is C12H15FN2O2. The predicted molar refractivity (Wildman–Crippen MR) is 60.0 cm³/mol. The van der Waals surface area contributed by atoms with Crippen molar-refractivity contribution in [2.75, 3.05) is 13.2 Å². The molecule has 0 unspecified atom stereocenters. The van der Waals surface area contributed by atoms with E-state index in [1.807, 2.05) is 6.07 Å². The van der Waals surface area contributed by atoms with Gasteiger partial charge in [0.2, 0.25) is 5.91 Å². The summed E-state index contributed by atoms with van der Waals surface area (Å²) in [5.41, 5.74) is 0.802. The van der Waals surface area contributed by atoms with Gasteiger partial charge >= 0.3 is 0 Å². The fourth-order valence-corrected chi connectivity index (χ4v) is 2.12. The largest absolute Gasteiger partial charge is 0.394 e. The van der Waals surface area contributed by atoms with Gasteiger partial charge in [0, 0.05) is 18.8 Å². The smallest absolute Gasteiger partial charge is 0.227 e. The molecular weight excluding hydrogens is 223 g/mol. The van der Waals surface area contributed by atoms with Crippen LogP contribution in [0.15, 0.2) is 24.5 Å². The molecule has 1 fully saturated rings. The molecule has 1 saturated heterocycles. The van der Waals surface area contributed by atoms with E-state index in [-0.39, 0.29) is 37.9 Å². The summed E-state index contributed by atoms with van der Waals surface area (Å²) in [4.78, 5) is 17.3. The summed E-state index contributed by atoms with van der Waals surface area (Å²) >= 11 is 0. The van der Waals surface area contributed by atoms with Gasteiger partial charge in [0.15, 0.2) is 0 Å². The number of rotatable bonds is 3. The maximum atomic E-state index is 13.2. The Morgan fingerprint density at radius 3 is 3.12 bits per heavy atom. The maximum Gasteiger partial charge on any atom is 0.227 e. The Hall–Kier alpha value is -1.49. The number of hydrogen-bond acceptors (Lipinski definition) is 3. The lowest BCUT2D eigenvalue weighted by Crippen LogP contribution is -2.38. The first-order chi connectivity index (χ1) is 8.20. The number of nitrogens with zero attached hydrogens (tertiary/aromatic N) is 2. The topological polar surface area (TPSA) is 53.4 Å². The van der Waals surface area contributed by atoms with Gasteiger partial charge in [-0.25, -0.2) is 4.39 Å². The molecule has 1 aliphatic heterocycles. The summed E-state index contributed by atoms with van der Waals surface area (Å²) in [6.45, 7) is -0.0937. The molecule has 0 aliphatic carbocycles. The molecule has 92 valence electrons. The average molecular weight is 238 g/mol. The van der Waals surface area contributed by atoms with E-state index in [0.717, 1.165) is 5.56 Å². The van der Waals surface area contributed by atoms with Gasteiger partial charge in [-0.3, -0.25) is 9.78 Å². The zero-order chi connectivity index (χ0) is 12.3.